The van der Waals surface area contributed by atoms with Crippen molar-refractivity contribution in [2.75, 3.05) is 20.1 Å². The molecule has 2 rings (SSSR count). The van der Waals surface area contributed by atoms with Gasteiger partial charge in [0.1, 0.15) is 5.54 Å². The molecule has 1 aliphatic rings. The highest BCUT2D eigenvalue weighted by Crippen LogP contribution is 2.28. The molecule has 1 fully saturated rings. The average molecular weight is 224 g/mol. The minimum absolute atomic E-state index is 0.169. The summed E-state index contributed by atoms with van der Waals surface area (Å²) in [5.41, 5.74) is -0.528. The second kappa shape index (κ2) is 3.94. The van der Waals surface area contributed by atoms with Crippen LogP contribution < -0.4 is 5.32 Å². The molecule has 2 heterocycles. The van der Waals surface area contributed by atoms with Crippen LogP contribution in [-0.2, 0) is 10.3 Å². The van der Waals surface area contributed by atoms with Gasteiger partial charge in [0.2, 0.25) is 5.91 Å². The van der Waals surface area contributed by atoms with Gasteiger partial charge in [-0.1, -0.05) is 6.07 Å². The fraction of sp³-hybridized carbons (Fsp3) is 0.545. The fourth-order valence-corrected chi connectivity index (χ4v) is 2.83. The van der Waals surface area contributed by atoms with E-state index in [0.29, 0.717) is 0 Å². The van der Waals surface area contributed by atoms with Crippen molar-refractivity contribution in [2.24, 2.45) is 0 Å². The number of hydrogen-bond acceptors (Lipinski definition) is 3. The molecule has 1 saturated heterocycles. The molecule has 0 bridgehead atoms. The van der Waals surface area contributed by atoms with Crippen LogP contribution in [0.4, 0.5) is 0 Å². The quantitative estimate of drug-likeness (QED) is 0.782. The minimum Gasteiger partial charge on any atom is -0.344 e. The molecule has 1 aliphatic heterocycles. The maximum atomic E-state index is 12.2. The molecule has 1 aromatic heterocycles. The number of hydrogen-bond donors (Lipinski definition) is 1. The van der Waals surface area contributed by atoms with E-state index in [9.17, 15) is 4.79 Å². The third kappa shape index (κ3) is 1.79. The van der Waals surface area contributed by atoms with Gasteiger partial charge in [-0.15, -0.1) is 11.3 Å². The van der Waals surface area contributed by atoms with Crippen molar-refractivity contribution in [3.63, 3.8) is 0 Å². The third-order valence-corrected chi connectivity index (χ3v) is 4.03. The Hall–Kier alpha value is -0.870. The lowest BCUT2D eigenvalue weighted by atomic mass is 9.99. The van der Waals surface area contributed by atoms with E-state index >= 15 is 0 Å². The summed E-state index contributed by atoms with van der Waals surface area (Å²) < 4.78 is 0. The number of thiophene rings is 1. The Balaban J connectivity index is 2.35. The highest BCUT2D eigenvalue weighted by molar-refractivity contribution is 7.10. The van der Waals surface area contributed by atoms with Gasteiger partial charge in [0.15, 0.2) is 0 Å². The van der Waals surface area contributed by atoms with Gasteiger partial charge >= 0.3 is 0 Å². The van der Waals surface area contributed by atoms with Crippen LogP contribution in [0.15, 0.2) is 17.5 Å². The number of rotatable bonds is 1. The van der Waals surface area contributed by atoms with Gasteiger partial charge in [0, 0.05) is 18.5 Å². The lowest BCUT2D eigenvalue weighted by Crippen LogP contribution is -2.49. The largest absolute Gasteiger partial charge is 0.344 e. The number of likely N-dealkylation sites (N-methyl/N-ethyl adjacent to an activating group) is 1. The molecule has 0 spiro atoms. The minimum atomic E-state index is -0.528. The van der Waals surface area contributed by atoms with E-state index in [0.717, 1.165) is 24.4 Å². The first-order valence-electron chi connectivity index (χ1n) is 5.19. The van der Waals surface area contributed by atoms with Gasteiger partial charge in [-0.25, -0.2) is 0 Å². The van der Waals surface area contributed by atoms with E-state index in [1.165, 1.54) is 0 Å². The monoisotopic (exact) mass is 224 g/mol. The number of nitrogens with one attached hydrogen (secondary N) is 1. The average Bonchev–Trinajstić information content (AvgIpc) is 2.72. The van der Waals surface area contributed by atoms with E-state index in [1.807, 2.05) is 36.4 Å². The molecule has 82 valence electrons. The molecule has 15 heavy (non-hydrogen) atoms. The fourth-order valence-electron chi connectivity index (χ4n) is 1.97. The third-order valence-electron chi connectivity index (χ3n) is 2.94. The van der Waals surface area contributed by atoms with Crippen LogP contribution in [0.25, 0.3) is 0 Å². The van der Waals surface area contributed by atoms with Crippen LogP contribution in [-0.4, -0.2) is 30.9 Å². The molecular formula is C11H16N2OS. The smallest absolute Gasteiger partial charge is 0.247 e. The maximum absolute atomic E-state index is 12.2. The Bertz CT molecular complexity index is 349. The Labute approximate surface area is 94.1 Å². The van der Waals surface area contributed by atoms with Crippen LogP contribution in [0.5, 0.6) is 0 Å². The Morgan fingerprint density at radius 2 is 2.40 bits per heavy atom. The van der Waals surface area contributed by atoms with Crippen molar-refractivity contribution in [1.82, 2.24) is 10.2 Å². The molecule has 1 amide bonds. The first-order valence-corrected chi connectivity index (χ1v) is 6.07. The van der Waals surface area contributed by atoms with Crippen molar-refractivity contribution in [3.8, 4) is 0 Å². The van der Waals surface area contributed by atoms with E-state index in [1.54, 1.807) is 11.3 Å². The summed E-state index contributed by atoms with van der Waals surface area (Å²) >= 11 is 1.63. The lowest BCUT2D eigenvalue weighted by Gasteiger charge is -2.29. The predicted octanol–water partition coefficient (Wildman–Crippen LogP) is 1.42. The van der Waals surface area contributed by atoms with Crippen LogP contribution in [0, 0.1) is 0 Å². The Kier molecular flexibility index (Phi) is 2.80. The highest BCUT2D eigenvalue weighted by atomic mass is 32.1. The molecule has 0 aromatic carbocycles. The second-order valence-corrected chi connectivity index (χ2v) is 5.06. The lowest BCUT2D eigenvalue weighted by molar-refractivity contribution is -0.135. The van der Waals surface area contributed by atoms with Crippen LogP contribution in [0.2, 0.25) is 0 Å². The molecule has 0 aliphatic carbocycles. The number of nitrogens with zero attached hydrogens (tertiary/aromatic N) is 1. The summed E-state index contributed by atoms with van der Waals surface area (Å²) in [4.78, 5) is 15.2. The maximum Gasteiger partial charge on any atom is 0.247 e. The molecule has 3 nitrogen and oxygen atoms in total. The van der Waals surface area contributed by atoms with E-state index in [-0.39, 0.29) is 5.91 Å². The standard InChI is InChI=1S/C11H16N2OS/c1-11(9-5-3-8-15-9)10(14)13(2)7-4-6-12-11/h3,5,8,12H,4,6-7H2,1-2H3. The summed E-state index contributed by atoms with van der Waals surface area (Å²) in [7, 11) is 1.88. The van der Waals surface area contributed by atoms with E-state index in [4.69, 9.17) is 0 Å². The molecule has 1 N–H and O–H groups in total. The molecule has 1 aromatic rings. The summed E-state index contributed by atoms with van der Waals surface area (Å²) in [6, 6.07) is 4.01. The van der Waals surface area contributed by atoms with Crippen molar-refractivity contribution < 1.29 is 4.79 Å². The summed E-state index contributed by atoms with van der Waals surface area (Å²) in [6.07, 6.45) is 1.02. The van der Waals surface area contributed by atoms with Gasteiger partial charge in [-0.3, -0.25) is 10.1 Å². The van der Waals surface area contributed by atoms with Gasteiger partial charge in [0.25, 0.3) is 0 Å². The van der Waals surface area contributed by atoms with Gasteiger partial charge in [-0.2, -0.15) is 0 Å². The predicted molar refractivity (Wildman–Crippen MR) is 61.9 cm³/mol. The van der Waals surface area contributed by atoms with Crippen molar-refractivity contribution in [1.29, 1.82) is 0 Å². The van der Waals surface area contributed by atoms with Gasteiger partial charge in [-0.05, 0) is 31.3 Å². The summed E-state index contributed by atoms with van der Waals surface area (Å²) in [6.45, 7) is 3.71. The first kappa shape index (κ1) is 10.6. The van der Waals surface area contributed by atoms with Crippen LogP contribution in [0.3, 0.4) is 0 Å². The summed E-state index contributed by atoms with van der Waals surface area (Å²) in [5.74, 6) is 0.169. The van der Waals surface area contributed by atoms with Crippen molar-refractivity contribution >= 4 is 17.2 Å². The van der Waals surface area contributed by atoms with Crippen molar-refractivity contribution in [2.45, 2.75) is 18.9 Å². The molecular weight excluding hydrogens is 208 g/mol. The molecule has 1 unspecified atom stereocenters. The second-order valence-electron chi connectivity index (χ2n) is 4.11. The number of carbonyl (C=O) groups excluding carboxylic acids is 1. The zero-order valence-electron chi connectivity index (χ0n) is 9.12. The summed E-state index contributed by atoms with van der Waals surface area (Å²) in [5, 5.41) is 5.37. The normalized spacial score (nSPS) is 27.9. The zero-order chi connectivity index (χ0) is 10.9. The molecule has 1 atom stereocenters. The Morgan fingerprint density at radius 1 is 1.60 bits per heavy atom. The topological polar surface area (TPSA) is 32.3 Å². The van der Waals surface area contributed by atoms with Crippen LogP contribution in [0.1, 0.15) is 18.2 Å². The molecule has 0 radical (unpaired) electrons. The SMILES string of the molecule is CN1CCCNC(C)(c2cccs2)C1=O. The van der Waals surface area contributed by atoms with Gasteiger partial charge in [0.05, 0.1) is 0 Å². The first-order chi connectivity index (χ1) is 7.14. The van der Waals surface area contributed by atoms with Crippen molar-refractivity contribution in [3.05, 3.63) is 22.4 Å². The molecule has 0 saturated carbocycles. The van der Waals surface area contributed by atoms with Gasteiger partial charge < -0.3 is 4.90 Å². The highest BCUT2D eigenvalue weighted by Gasteiger charge is 2.39. The molecule has 4 heteroatoms. The number of amides is 1. The zero-order valence-corrected chi connectivity index (χ0v) is 9.93. The number of carbonyl (C=O) groups is 1. The van der Waals surface area contributed by atoms with E-state index in [2.05, 4.69) is 5.32 Å². The van der Waals surface area contributed by atoms with E-state index < -0.39 is 5.54 Å². The van der Waals surface area contributed by atoms with Crippen LogP contribution >= 0.6 is 11.3 Å². The Morgan fingerprint density at radius 3 is 3.07 bits per heavy atom.